The Bertz CT molecular complexity index is 295. The van der Waals surface area contributed by atoms with Gasteiger partial charge in [0.25, 0.3) is 0 Å². The van der Waals surface area contributed by atoms with E-state index in [9.17, 15) is 9.59 Å². The molecule has 0 aliphatic heterocycles. The Morgan fingerprint density at radius 2 is 1.44 bits per heavy atom. The molecule has 3 N–H and O–H groups in total. The van der Waals surface area contributed by atoms with Crippen molar-refractivity contribution in [3.63, 3.8) is 0 Å². The first-order chi connectivity index (χ1) is 8.28. The molecule has 0 atom stereocenters. The van der Waals surface area contributed by atoms with Gasteiger partial charge in [0.05, 0.1) is 0 Å². The van der Waals surface area contributed by atoms with E-state index in [0.717, 1.165) is 0 Å². The first-order valence-corrected chi connectivity index (χ1v) is 5.86. The third kappa shape index (κ3) is 8.52. The van der Waals surface area contributed by atoms with Crippen LogP contribution in [-0.2, 0) is 9.59 Å². The first kappa shape index (κ1) is 16.4. The molecule has 0 rings (SSSR count). The zero-order chi connectivity index (χ0) is 14.2. The molecule has 0 fully saturated rings. The fraction of sp³-hybridized carbons (Fsp3) is 0.538. The Kier molecular flexibility index (Phi) is 6.97. The van der Waals surface area contributed by atoms with E-state index in [2.05, 4.69) is 29.1 Å². The second-order valence-corrected chi connectivity index (χ2v) is 4.99. The van der Waals surface area contributed by atoms with E-state index in [-0.39, 0.29) is 23.4 Å². The molecule has 0 aliphatic rings. The molecule has 0 aromatic carbocycles. The van der Waals surface area contributed by atoms with Crippen molar-refractivity contribution in [2.75, 3.05) is 13.1 Å². The van der Waals surface area contributed by atoms with Gasteiger partial charge in [0, 0.05) is 24.7 Å². The maximum Gasteiger partial charge on any atom is 0.243 e. The summed E-state index contributed by atoms with van der Waals surface area (Å²) in [5, 5.41) is 8.72. The fourth-order valence-corrected chi connectivity index (χ4v) is 1.38. The summed E-state index contributed by atoms with van der Waals surface area (Å²) in [5.74, 6) is -0.462. The van der Waals surface area contributed by atoms with Gasteiger partial charge in [0.1, 0.15) is 0 Å². The van der Waals surface area contributed by atoms with Crippen LogP contribution in [0.15, 0.2) is 25.3 Å². The highest BCUT2D eigenvalue weighted by molar-refractivity contribution is 5.87. The van der Waals surface area contributed by atoms with Crippen molar-refractivity contribution in [3.8, 4) is 0 Å². The molecule has 0 saturated carbocycles. The molecular formula is C13H23N3O2. The van der Waals surface area contributed by atoms with Crippen molar-refractivity contribution in [2.45, 2.75) is 32.4 Å². The second-order valence-electron chi connectivity index (χ2n) is 4.99. The molecule has 0 aliphatic carbocycles. The van der Waals surface area contributed by atoms with E-state index < -0.39 is 0 Å². The molecule has 18 heavy (non-hydrogen) atoms. The monoisotopic (exact) mass is 253 g/mol. The van der Waals surface area contributed by atoms with Gasteiger partial charge in [-0.3, -0.25) is 9.59 Å². The Morgan fingerprint density at radius 3 is 1.72 bits per heavy atom. The molecule has 5 nitrogen and oxygen atoms in total. The van der Waals surface area contributed by atoms with Gasteiger partial charge in [-0.1, -0.05) is 13.2 Å². The molecule has 0 spiro atoms. The number of hydrogen-bond acceptors (Lipinski definition) is 3. The smallest absolute Gasteiger partial charge is 0.243 e. The van der Waals surface area contributed by atoms with Crippen molar-refractivity contribution in [1.82, 2.24) is 16.0 Å². The molecule has 0 bridgehead atoms. The van der Waals surface area contributed by atoms with Crippen LogP contribution >= 0.6 is 0 Å². The van der Waals surface area contributed by atoms with Gasteiger partial charge in [-0.15, -0.1) is 0 Å². The molecule has 2 amide bonds. The van der Waals surface area contributed by atoms with E-state index in [0.29, 0.717) is 13.1 Å². The van der Waals surface area contributed by atoms with Gasteiger partial charge in [0.15, 0.2) is 0 Å². The van der Waals surface area contributed by atoms with Crippen LogP contribution in [0.4, 0.5) is 0 Å². The topological polar surface area (TPSA) is 70.2 Å². The Balaban J connectivity index is 4.32. The molecule has 5 heteroatoms. The van der Waals surface area contributed by atoms with Crippen molar-refractivity contribution in [3.05, 3.63) is 25.3 Å². The van der Waals surface area contributed by atoms with Crippen LogP contribution in [0.2, 0.25) is 0 Å². The second kappa shape index (κ2) is 7.66. The van der Waals surface area contributed by atoms with Crippen molar-refractivity contribution in [2.24, 2.45) is 0 Å². The quantitative estimate of drug-likeness (QED) is 0.573. The summed E-state index contributed by atoms with van der Waals surface area (Å²) in [6.07, 6.45) is 2.44. The highest BCUT2D eigenvalue weighted by Gasteiger charge is 2.17. The van der Waals surface area contributed by atoms with E-state index in [1.807, 2.05) is 20.8 Å². The number of carbonyl (C=O) groups excluding carboxylic acids is 2. The number of carbonyl (C=O) groups is 2. The Hall–Kier alpha value is -1.62. The van der Waals surface area contributed by atoms with E-state index >= 15 is 0 Å². The van der Waals surface area contributed by atoms with E-state index in [1.165, 1.54) is 12.2 Å². The van der Waals surface area contributed by atoms with Gasteiger partial charge in [-0.05, 0) is 32.9 Å². The van der Waals surface area contributed by atoms with Crippen molar-refractivity contribution >= 4 is 11.8 Å². The molecule has 0 saturated heterocycles. The molecule has 0 heterocycles. The molecule has 0 aromatic heterocycles. The minimum absolute atomic E-state index is 0.0576. The van der Waals surface area contributed by atoms with Gasteiger partial charge in [-0.2, -0.15) is 0 Å². The van der Waals surface area contributed by atoms with Gasteiger partial charge in [0.2, 0.25) is 11.8 Å². The first-order valence-electron chi connectivity index (χ1n) is 5.86. The van der Waals surface area contributed by atoms with Crippen LogP contribution < -0.4 is 16.0 Å². The van der Waals surface area contributed by atoms with Crippen LogP contribution in [0.1, 0.15) is 20.8 Å². The third-order valence-corrected chi connectivity index (χ3v) is 2.05. The van der Waals surface area contributed by atoms with E-state index in [1.54, 1.807) is 0 Å². The zero-order valence-corrected chi connectivity index (χ0v) is 11.4. The minimum atomic E-state index is -0.231. The van der Waals surface area contributed by atoms with Crippen LogP contribution in [0.25, 0.3) is 0 Å². The summed E-state index contributed by atoms with van der Waals surface area (Å²) < 4.78 is 0. The van der Waals surface area contributed by atoms with Crippen LogP contribution in [0, 0.1) is 0 Å². The highest BCUT2D eigenvalue weighted by Crippen LogP contribution is 2.00. The average Bonchev–Trinajstić information content (AvgIpc) is 2.29. The average molecular weight is 253 g/mol. The van der Waals surface area contributed by atoms with Gasteiger partial charge < -0.3 is 16.0 Å². The summed E-state index contributed by atoms with van der Waals surface area (Å²) >= 11 is 0. The summed E-state index contributed by atoms with van der Waals surface area (Å²) in [6.45, 7) is 13.7. The van der Waals surface area contributed by atoms with Crippen LogP contribution in [0.3, 0.4) is 0 Å². The van der Waals surface area contributed by atoms with E-state index in [4.69, 9.17) is 0 Å². The lowest BCUT2D eigenvalue weighted by Gasteiger charge is -2.28. The Morgan fingerprint density at radius 1 is 1.06 bits per heavy atom. The molecule has 102 valence electrons. The standard InChI is InChI=1S/C13H23N3O2/c1-6-11(17)14-8-10(16-13(3,4)5)9-15-12(18)7-2/h6-7,10,16H,1-2,8-9H2,3-5H3,(H,14,17)(H,15,18). The fourth-order valence-electron chi connectivity index (χ4n) is 1.38. The summed E-state index contributed by atoms with van der Waals surface area (Å²) in [5.41, 5.74) is -0.109. The SMILES string of the molecule is C=CC(=O)NCC(CNC(=O)C=C)NC(C)(C)C. The molecule has 0 radical (unpaired) electrons. The maximum atomic E-state index is 11.1. The summed E-state index contributed by atoms with van der Waals surface area (Å²) in [4.78, 5) is 22.2. The molecule has 0 unspecified atom stereocenters. The lowest BCUT2D eigenvalue weighted by atomic mass is 10.1. The van der Waals surface area contributed by atoms with Crippen molar-refractivity contribution < 1.29 is 9.59 Å². The molecule has 0 aromatic rings. The number of amides is 2. The highest BCUT2D eigenvalue weighted by atomic mass is 16.2. The maximum absolute atomic E-state index is 11.1. The predicted octanol–water partition coefficient (Wildman–Crippen LogP) is 0.348. The summed E-state index contributed by atoms with van der Waals surface area (Å²) in [6, 6.07) is -0.0576. The lowest BCUT2D eigenvalue weighted by molar-refractivity contribution is -0.116. The van der Waals surface area contributed by atoms with Crippen molar-refractivity contribution in [1.29, 1.82) is 0 Å². The predicted molar refractivity (Wildman–Crippen MR) is 73.1 cm³/mol. The number of nitrogens with one attached hydrogen (secondary N) is 3. The number of hydrogen-bond donors (Lipinski definition) is 3. The third-order valence-electron chi connectivity index (χ3n) is 2.05. The van der Waals surface area contributed by atoms with Gasteiger partial charge >= 0.3 is 0 Å². The lowest BCUT2D eigenvalue weighted by Crippen LogP contribution is -2.53. The van der Waals surface area contributed by atoms with Crippen LogP contribution in [0.5, 0.6) is 0 Å². The normalized spacial score (nSPS) is 10.9. The zero-order valence-electron chi connectivity index (χ0n) is 11.4. The Labute approximate surface area is 109 Å². The largest absolute Gasteiger partial charge is 0.351 e. The summed E-state index contributed by atoms with van der Waals surface area (Å²) in [7, 11) is 0. The molecular weight excluding hydrogens is 230 g/mol. The number of rotatable bonds is 7. The minimum Gasteiger partial charge on any atom is -0.351 e. The van der Waals surface area contributed by atoms with Crippen LogP contribution in [-0.4, -0.2) is 36.5 Å². The van der Waals surface area contributed by atoms with Gasteiger partial charge in [-0.25, -0.2) is 0 Å².